The summed E-state index contributed by atoms with van der Waals surface area (Å²) >= 11 is 0. The van der Waals surface area contributed by atoms with Crippen molar-refractivity contribution in [2.75, 3.05) is 20.8 Å². The van der Waals surface area contributed by atoms with E-state index in [-0.39, 0.29) is 36.8 Å². The predicted octanol–water partition coefficient (Wildman–Crippen LogP) is 1.24. The first-order chi connectivity index (χ1) is 11.5. The van der Waals surface area contributed by atoms with Gasteiger partial charge in [0.15, 0.2) is 0 Å². The summed E-state index contributed by atoms with van der Waals surface area (Å²) < 4.78 is 15.0. The number of hydrogen-bond acceptors (Lipinski definition) is 6. The van der Waals surface area contributed by atoms with Crippen LogP contribution in [0.2, 0.25) is 0 Å². The Labute approximate surface area is 140 Å². The van der Waals surface area contributed by atoms with E-state index < -0.39 is 0 Å². The fraction of sp³-hybridized carbons (Fsp3) is 0.471. The summed E-state index contributed by atoms with van der Waals surface area (Å²) in [5, 5.41) is 2.79. The number of rotatable bonds is 7. The molecular weight excluding hydrogens is 314 g/mol. The highest BCUT2D eigenvalue weighted by Crippen LogP contribution is 2.29. The lowest BCUT2D eigenvalue weighted by Gasteiger charge is -2.11. The summed E-state index contributed by atoms with van der Waals surface area (Å²) in [6.45, 7) is 0.374. The second kappa shape index (κ2) is 8.33. The lowest BCUT2D eigenvalue weighted by molar-refractivity contribution is -0.140. The van der Waals surface area contributed by atoms with Crippen molar-refractivity contribution in [2.45, 2.75) is 31.8 Å². The number of carbonyl (C=O) groups is 3. The van der Waals surface area contributed by atoms with Gasteiger partial charge in [-0.05, 0) is 30.2 Å². The normalized spacial score (nSPS) is 15.2. The van der Waals surface area contributed by atoms with Crippen LogP contribution < -0.4 is 10.1 Å². The molecule has 1 aromatic rings. The molecule has 1 N–H and O–H groups in total. The van der Waals surface area contributed by atoms with Crippen molar-refractivity contribution in [3.05, 3.63) is 29.3 Å². The number of amides is 1. The Morgan fingerprint density at radius 3 is 2.71 bits per heavy atom. The molecule has 0 spiro atoms. The Morgan fingerprint density at radius 2 is 2.00 bits per heavy atom. The Hall–Kier alpha value is -2.57. The highest BCUT2D eigenvalue weighted by atomic mass is 16.5. The summed E-state index contributed by atoms with van der Waals surface area (Å²) in [5.41, 5.74) is 1.40. The van der Waals surface area contributed by atoms with E-state index in [4.69, 9.17) is 9.47 Å². The van der Waals surface area contributed by atoms with E-state index in [1.807, 2.05) is 0 Å². The average Bonchev–Trinajstić information content (AvgIpc) is 3.01. The van der Waals surface area contributed by atoms with Crippen LogP contribution in [-0.4, -0.2) is 44.7 Å². The number of hydrogen-bond donors (Lipinski definition) is 1. The maximum absolute atomic E-state index is 11.7. The Kier molecular flexibility index (Phi) is 6.17. The molecule has 1 heterocycles. The first kappa shape index (κ1) is 17.8. The Bertz CT molecular complexity index is 628. The third-order valence-electron chi connectivity index (χ3n) is 3.76. The van der Waals surface area contributed by atoms with Crippen molar-refractivity contribution in [1.29, 1.82) is 0 Å². The lowest BCUT2D eigenvalue weighted by Crippen LogP contribution is -2.34. The van der Waals surface area contributed by atoms with Crippen molar-refractivity contribution in [3.8, 4) is 5.75 Å². The molecule has 0 fully saturated rings. The summed E-state index contributed by atoms with van der Waals surface area (Å²) in [5.74, 6) is -0.125. The van der Waals surface area contributed by atoms with E-state index in [9.17, 15) is 14.4 Å². The fourth-order valence-electron chi connectivity index (χ4n) is 2.49. The van der Waals surface area contributed by atoms with Crippen molar-refractivity contribution in [2.24, 2.45) is 0 Å². The molecule has 24 heavy (non-hydrogen) atoms. The zero-order valence-electron chi connectivity index (χ0n) is 13.8. The monoisotopic (exact) mass is 335 g/mol. The number of nitrogens with one attached hydrogen (secondary N) is 1. The van der Waals surface area contributed by atoms with Gasteiger partial charge >= 0.3 is 11.9 Å². The molecule has 130 valence electrons. The SMILES string of the molecule is COC(=O)CCCC(=O)NCC1Cc2cc(C(=O)OC)ccc2O1. The summed E-state index contributed by atoms with van der Waals surface area (Å²) in [4.78, 5) is 34.2. The van der Waals surface area contributed by atoms with Crippen LogP contribution in [0.15, 0.2) is 18.2 Å². The quantitative estimate of drug-likeness (QED) is 0.754. The fourth-order valence-corrected chi connectivity index (χ4v) is 2.49. The van der Waals surface area contributed by atoms with Crippen LogP contribution in [0.1, 0.15) is 35.2 Å². The van der Waals surface area contributed by atoms with Gasteiger partial charge in [-0.1, -0.05) is 0 Å². The smallest absolute Gasteiger partial charge is 0.337 e. The maximum Gasteiger partial charge on any atom is 0.337 e. The predicted molar refractivity (Wildman–Crippen MR) is 84.8 cm³/mol. The zero-order chi connectivity index (χ0) is 17.5. The highest BCUT2D eigenvalue weighted by Gasteiger charge is 2.24. The number of fused-ring (bicyclic) bond motifs is 1. The van der Waals surface area contributed by atoms with Crippen molar-refractivity contribution in [1.82, 2.24) is 5.32 Å². The van der Waals surface area contributed by atoms with Gasteiger partial charge < -0.3 is 19.5 Å². The summed E-state index contributed by atoms with van der Waals surface area (Å²) in [6, 6.07) is 5.14. The molecule has 1 aromatic carbocycles. The van der Waals surface area contributed by atoms with Gasteiger partial charge in [0.2, 0.25) is 5.91 Å². The molecule has 0 saturated heterocycles. The van der Waals surface area contributed by atoms with Crippen LogP contribution in [0.5, 0.6) is 5.75 Å². The van der Waals surface area contributed by atoms with Crippen LogP contribution in [-0.2, 0) is 25.5 Å². The summed E-state index contributed by atoms with van der Waals surface area (Å²) in [7, 11) is 2.66. The van der Waals surface area contributed by atoms with Crippen molar-refractivity contribution in [3.63, 3.8) is 0 Å². The molecule has 0 radical (unpaired) electrons. The number of ether oxygens (including phenoxy) is 3. The van der Waals surface area contributed by atoms with Gasteiger partial charge in [0.1, 0.15) is 11.9 Å². The minimum Gasteiger partial charge on any atom is -0.488 e. The van der Waals surface area contributed by atoms with Gasteiger partial charge in [-0.15, -0.1) is 0 Å². The van der Waals surface area contributed by atoms with Crippen LogP contribution in [0.4, 0.5) is 0 Å². The third-order valence-corrected chi connectivity index (χ3v) is 3.76. The zero-order valence-corrected chi connectivity index (χ0v) is 13.8. The molecule has 7 heteroatoms. The lowest BCUT2D eigenvalue weighted by atomic mass is 10.1. The van der Waals surface area contributed by atoms with Gasteiger partial charge in [-0.2, -0.15) is 0 Å². The van der Waals surface area contributed by atoms with E-state index >= 15 is 0 Å². The standard InChI is InChI=1S/C17H21NO6/c1-22-16(20)5-3-4-15(19)18-10-13-9-12-8-11(17(21)23-2)6-7-14(12)24-13/h6-8,13H,3-5,9-10H2,1-2H3,(H,18,19). The molecule has 2 rings (SSSR count). The van der Waals surface area contributed by atoms with E-state index in [0.29, 0.717) is 30.7 Å². The van der Waals surface area contributed by atoms with Crippen molar-refractivity contribution >= 4 is 17.8 Å². The molecule has 1 aliphatic rings. The molecule has 0 saturated carbocycles. The molecule has 1 aliphatic heterocycles. The van der Waals surface area contributed by atoms with Crippen LogP contribution >= 0.6 is 0 Å². The second-order valence-corrected chi connectivity index (χ2v) is 5.49. The minimum atomic E-state index is -0.389. The average molecular weight is 335 g/mol. The van der Waals surface area contributed by atoms with Gasteiger partial charge in [0, 0.05) is 19.3 Å². The third kappa shape index (κ3) is 4.71. The molecule has 0 aromatic heterocycles. The maximum atomic E-state index is 11.7. The number of benzene rings is 1. The van der Waals surface area contributed by atoms with Crippen LogP contribution in [0.3, 0.4) is 0 Å². The van der Waals surface area contributed by atoms with Gasteiger partial charge in [0.25, 0.3) is 0 Å². The molecule has 0 aliphatic carbocycles. The molecule has 7 nitrogen and oxygen atoms in total. The van der Waals surface area contributed by atoms with E-state index in [1.165, 1.54) is 14.2 Å². The second-order valence-electron chi connectivity index (χ2n) is 5.49. The highest BCUT2D eigenvalue weighted by molar-refractivity contribution is 5.89. The number of methoxy groups -OCH3 is 2. The van der Waals surface area contributed by atoms with Crippen LogP contribution in [0, 0.1) is 0 Å². The molecular formula is C17H21NO6. The first-order valence-corrected chi connectivity index (χ1v) is 7.75. The molecule has 1 atom stereocenters. The molecule has 0 bridgehead atoms. The summed E-state index contributed by atoms with van der Waals surface area (Å²) in [6.07, 6.45) is 1.39. The van der Waals surface area contributed by atoms with Gasteiger partial charge in [-0.25, -0.2) is 4.79 Å². The van der Waals surface area contributed by atoms with Crippen molar-refractivity contribution < 1.29 is 28.6 Å². The number of esters is 2. The van der Waals surface area contributed by atoms with E-state index in [0.717, 1.165) is 5.56 Å². The number of carbonyl (C=O) groups excluding carboxylic acids is 3. The van der Waals surface area contributed by atoms with E-state index in [1.54, 1.807) is 18.2 Å². The van der Waals surface area contributed by atoms with Gasteiger partial charge in [-0.3, -0.25) is 9.59 Å². The Morgan fingerprint density at radius 1 is 1.21 bits per heavy atom. The molecule has 1 unspecified atom stereocenters. The topological polar surface area (TPSA) is 90.9 Å². The first-order valence-electron chi connectivity index (χ1n) is 7.75. The molecule has 1 amide bonds. The minimum absolute atomic E-state index is 0.131. The van der Waals surface area contributed by atoms with Gasteiger partial charge in [0.05, 0.1) is 26.3 Å². The Balaban J connectivity index is 1.76. The van der Waals surface area contributed by atoms with E-state index in [2.05, 4.69) is 10.1 Å². The van der Waals surface area contributed by atoms with Crippen LogP contribution in [0.25, 0.3) is 0 Å². The largest absolute Gasteiger partial charge is 0.488 e.